The standard InChI is InChI=1S/C10H13N3O3/c14-9-2-1-3-13(9)5-4-12-6-8(10(15)16)11-7-12/h6-7H,1-5H2,(H,15,16). The Morgan fingerprint density at radius 2 is 2.31 bits per heavy atom. The van der Waals surface area contributed by atoms with Gasteiger partial charge in [0, 0.05) is 32.3 Å². The lowest BCUT2D eigenvalue weighted by molar-refractivity contribution is -0.127. The van der Waals surface area contributed by atoms with Crippen molar-refractivity contribution in [1.29, 1.82) is 0 Å². The molecule has 0 radical (unpaired) electrons. The van der Waals surface area contributed by atoms with E-state index in [-0.39, 0.29) is 11.6 Å². The molecule has 0 spiro atoms. The van der Waals surface area contributed by atoms with E-state index in [1.54, 1.807) is 9.47 Å². The Balaban J connectivity index is 1.89. The number of hydrogen-bond donors (Lipinski definition) is 1. The summed E-state index contributed by atoms with van der Waals surface area (Å²) < 4.78 is 1.69. The van der Waals surface area contributed by atoms with Crippen molar-refractivity contribution in [3.05, 3.63) is 18.2 Å². The predicted octanol–water partition coefficient (Wildman–Crippen LogP) is 0.204. The van der Waals surface area contributed by atoms with Gasteiger partial charge in [-0.15, -0.1) is 0 Å². The Kier molecular flexibility index (Phi) is 2.89. The normalized spacial score (nSPS) is 15.8. The van der Waals surface area contributed by atoms with Gasteiger partial charge < -0.3 is 14.6 Å². The van der Waals surface area contributed by atoms with Crippen molar-refractivity contribution < 1.29 is 14.7 Å². The summed E-state index contributed by atoms with van der Waals surface area (Å²) in [6, 6.07) is 0. The molecule has 2 rings (SSSR count). The number of carboxylic acids is 1. The first kappa shape index (κ1) is 10.7. The Hall–Kier alpha value is -1.85. The van der Waals surface area contributed by atoms with E-state index in [9.17, 15) is 9.59 Å². The molecule has 2 heterocycles. The summed E-state index contributed by atoms with van der Waals surface area (Å²) in [5, 5.41) is 8.68. The number of carboxylic acid groups (broad SMARTS) is 1. The number of carbonyl (C=O) groups is 2. The van der Waals surface area contributed by atoms with Gasteiger partial charge in [-0.05, 0) is 6.42 Å². The van der Waals surface area contributed by atoms with Gasteiger partial charge in [-0.25, -0.2) is 9.78 Å². The maximum atomic E-state index is 11.3. The van der Waals surface area contributed by atoms with Crippen LogP contribution in [0.4, 0.5) is 0 Å². The van der Waals surface area contributed by atoms with Gasteiger partial charge in [0.2, 0.25) is 5.91 Å². The number of likely N-dealkylation sites (tertiary alicyclic amines) is 1. The van der Waals surface area contributed by atoms with Crippen LogP contribution < -0.4 is 0 Å². The first-order valence-corrected chi connectivity index (χ1v) is 5.19. The van der Waals surface area contributed by atoms with Crippen molar-refractivity contribution >= 4 is 11.9 Å². The zero-order valence-electron chi connectivity index (χ0n) is 8.80. The Morgan fingerprint density at radius 1 is 1.50 bits per heavy atom. The molecule has 1 saturated heterocycles. The van der Waals surface area contributed by atoms with E-state index in [4.69, 9.17) is 5.11 Å². The van der Waals surface area contributed by atoms with Crippen LogP contribution in [0.2, 0.25) is 0 Å². The number of amides is 1. The molecule has 1 aliphatic heterocycles. The number of rotatable bonds is 4. The monoisotopic (exact) mass is 223 g/mol. The fourth-order valence-electron chi connectivity index (χ4n) is 1.77. The summed E-state index contributed by atoms with van der Waals surface area (Å²) in [6.45, 7) is 2.01. The van der Waals surface area contributed by atoms with Gasteiger partial charge in [-0.3, -0.25) is 4.79 Å². The SMILES string of the molecule is O=C(O)c1cn(CCN2CCCC2=O)cn1. The number of hydrogen-bond acceptors (Lipinski definition) is 3. The van der Waals surface area contributed by atoms with Gasteiger partial charge in [0.15, 0.2) is 5.69 Å². The van der Waals surface area contributed by atoms with E-state index in [1.807, 2.05) is 0 Å². The largest absolute Gasteiger partial charge is 0.476 e. The van der Waals surface area contributed by atoms with Crippen LogP contribution in [0.1, 0.15) is 23.3 Å². The van der Waals surface area contributed by atoms with Crippen LogP contribution in [0.25, 0.3) is 0 Å². The number of carbonyl (C=O) groups excluding carboxylic acids is 1. The molecular formula is C10H13N3O3. The lowest BCUT2D eigenvalue weighted by Gasteiger charge is -2.15. The summed E-state index contributed by atoms with van der Waals surface area (Å²) in [5.41, 5.74) is 0.0350. The van der Waals surface area contributed by atoms with Crippen LogP contribution in [0.5, 0.6) is 0 Å². The Bertz CT molecular complexity index is 413. The van der Waals surface area contributed by atoms with Gasteiger partial charge in [0.1, 0.15) is 0 Å². The van der Waals surface area contributed by atoms with Crippen molar-refractivity contribution in [2.45, 2.75) is 19.4 Å². The maximum Gasteiger partial charge on any atom is 0.356 e. The molecule has 0 unspecified atom stereocenters. The van der Waals surface area contributed by atoms with Gasteiger partial charge in [0.25, 0.3) is 0 Å². The number of nitrogens with zero attached hydrogens (tertiary/aromatic N) is 3. The smallest absolute Gasteiger partial charge is 0.356 e. The fourth-order valence-corrected chi connectivity index (χ4v) is 1.77. The van der Waals surface area contributed by atoms with Crippen molar-refractivity contribution in [1.82, 2.24) is 14.5 Å². The predicted molar refractivity (Wildman–Crippen MR) is 55.0 cm³/mol. The Morgan fingerprint density at radius 3 is 2.88 bits per heavy atom. The molecule has 0 aromatic carbocycles. The zero-order valence-corrected chi connectivity index (χ0v) is 8.80. The van der Waals surface area contributed by atoms with E-state index in [1.165, 1.54) is 12.5 Å². The lowest BCUT2D eigenvalue weighted by Crippen LogP contribution is -2.28. The summed E-state index contributed by atoms with van der Waals surface area (Å²) in [4.78, 5) is 27.4. The van der Waals surface area contributed by atoms with E-state index in [0.29, 0.717) is 19.5 Å². The molecular weight excluding hydrogens is 210 g/mol. The van der Waals surface area contributed by atoms with Crippen LogP contribution >= 0.6 is 0 Å². The third-order valence-electron chi connectivity index (χ3n) is 2.65. The molecule has 6 nitrogen and oxygen atoms in total. The first-order valence-electron chi connectivity index (χ1n) is 5.19. The molecule has 0 bridgehead atoms. The molecule has 0 saturated carbocycles. The first-order chi connectivity index (χ1) is 7.66. The van der Waals surface area contributed by atoms with Crippen molar-refractivity contribution in [2.75, 3.05) is 13.1 Å². The molecule has 1 aliphatic rings. The highest BCUT2D eigenvalue weighted by atomic mass is 16.4. The van der Waals surface area contributed by atoms with Crippen LogP contribution in [0, 0.1) is 0 Å². The Labute approximate surface area is 92.5 Å². The van der Waals surface area contributed by atoms with E-state index < -0.39 is 5.97 Å². The topological polar surface area (TPSA) is 75.4 Å². The van der Waals surface area contributed by atoms with Crippen LogP contribution in [-0.2, 0) is 11.3 Å². The summed E-state index contributed by atoms with van der Waals surface area (Å²) in [7, 11) is 0. The molecule has 86 valence electrons. The van der Waals surface area contributed by atoms with E-state index >= 15 is 0 Å². The molecule has 1 aromatic rings. The van der Waals surface area contributed by atoms with E-state index in [2.05, 4.69) is 4.98 Å². The van der Waals surface area contributed by atoms with Gasteiger partial charge in [-0.2, -0.15) is 0 Å². The van der Waals surface area contributed by atoms with Crippen LogP contribution in [-0.4, -0.2) is 44.5 Å². The minimum absolute atomic E-state index is 0.0350. The second-order valence-electron chi connectivity index (χ2n) is 3.79. The van der Waals surface area contributed by atoms with Gasteiger partial charge >= 0.3 is 5.97 Å². The van der Waals surface area contributed by atoms with Crippen LogP contribution in [0.15, 0.2) is 12.5 Å². The highest BCUT2D eigenvalue weighted by Gasteiger charge is 2.19. The molecule has 16 heavy (non-hydrogen) atoms. The maximum absolute atomic E-state index is 11.3. The highest BCUT2D eigenvalue weighted by Crippen LogP contribution is 2.09. The van der Waals surface area contributed by atoms with Gasteiger partial charge in [0.05, 0.1) is 6.33 Å². The minimum Gasteiger partial charge on any atom is -0.476 e. The summed E-state index contributed by atoms with van der Waals surface area (Å²) in [6.07, 6.45) is 4.50. The number of aromatic carboxylic acids is 1. The van der Waals surface area contributed by atoms with Crippen molar-refractivity contribution in [3.63, 3.8) is 0 Å². The highest BCUT2D eigenvalue weighted by molar-refractivity contribution is 5.84. The number of imidazole rings is 1. The quantitative estimate of drug-likeness (QED) is 0.791. The molecule has 1 fully saturated rings. The molecule has 1 N–H and O–H groups in total. The third-order valence-corrected chi connectivity index (χ3v) is 2.65. The second kappa shape index (κ2) is 4.34. The average molecular weight is 223 g/mol. The fraction of sp³-hybridized carbons (Fsp3) is 0.500. The van der Waals surface area contributed by atoms with Crippen molar-refractivity contribution in [2.24, 2.45) is 0 Å². The molecule has 1 aromatic heterocycles. The average Bonchev–Trinajstić information content (AvgIpc) is 2.83. The lowest BCUT2D eigenvalue weighted by atomic mass is 10.4. The molecule has 0 aliphatic carbocycles. The molecule has 0 atom stereocenters. The van der Waals surface area contributed by atoms with Gasteiger partial charge in [-0.1, -0.05) is 0 Å². The summed E-state index contributed by atoms with van der Waals surface area (Å²) in [5.74, 6) is -0.852. The van der Waals surface area contributed by atoms with Crippen molar-refractivity contribution in [3.8, 4) is 0 Å². The van der Waals surface area contributed by atoms with E-state index in [0.717, 1.165) is 13.0 Å². The second-order valence-corrected chi connectivity index (χ2v) is 3.79. The zero-order chi connectivity index (χ0) is 11.5. The minimum atomic E-state index is -1.03. The van der Waals surface area contributed by atoms with Crippen LogP contribution in [0.3, 0.4) is 0 Å². The third kappa shape index (κ3) is 2.21. The molecule has 6 heteroatoms. The number of aromatic nitrogens is 2. The summed E-state index contributed by atoms with van der Waals surface area (Å²) >= 11 is 0. The molecule has 1 amide bonds.